The Morgan fingerprint density at radius 3 is 2.56 bits per heavy atom. The van der Waals surface area contributed by atoms with Crippen molar-refractivity contribution in [2.75, 3.05) is 6.54 Å². The van der Waals surface area contributed by atoms with Crippen LogP contribution in [0.3, 0.4) is 0 Å². The summed E-state index contributed by atoms with van der Waals surface area (Å²) in [5, 5.41) is 20.9. The van der Waals surface area contributed by atoms with E-state index in [9.17, 15) is 19.2 Å². The van der Waals surface area contributed by atoms with Crippen molar-refractivity contribution in [3.63, 3.8) is 0 Å². The molecular weight excluding hydrogens is 542 g/mol. The molecule has 12 heteroatoms. The van der Waals surface area contributed by atoms with E-state index in [1.807, 2.05) is 37.3 Å². The molecular formula is C29H35N7O4S. The molecule has 1 aromatic carbocycles. The van der Waals surface area contributed by atoms with Crippen LogP contribution in [0.5, 0.6) is 0 Å². The Morgan fingerprint density at radius 2 is 1.80 bits per heavy atom. The van der Waals surface area contributed by atoms with Gasteiger partial charge < -0.3 is 21.3 Å². The van der Waals surface area contributed by atoms with Crippen LogP contribution in [0.4, 0.5) is 0 Å². The normalized spacial score (nSPS) is 22.4. The minimum Gasteiger partial charge on any atom is -0.351 e. The van der Waals surface area contributed by atoms with Gasteiger partial charge in [0.15, 0.2) is 0 Å². The molecule has 216 valence electrons. The first-order valence-corrected chi connectivity index (χ1v) is 15.0. The number of fused-ring (bicyclic) bond motifs is 2. The van der Waals surface area contributed by atoms with Gasteiger partial charge in [-0.05, 0) is 56.6 Å². The lowest BCUT2D eigenvalue weighted by atomic mass is 10.0. The number of nitrogens with zero attached hydrogens (tertiary/aromatic N) is 2. The number of amides is 4. The van der Waals surface area contributed by atoms with Gasteiger partial charge in [0.05, 0.1) is 6.04 Å². The third kappa shape index (κ3) is 7.37. The molecule has 5 N–H and O–H groups in total. The summed E-state index contributed by atoms with van der Waals surface area (Å²) in [7, 11) is 0. The maximum absolute atomic E-state index is 13.5. The fourth-order valence-electron chi connectivity index (χ4n) is 4.82. The van der Waals surface area contributed by atoms with Gasteiger partial charge in [0.25, 0.3) is 11.8 Å². The summed E-state index contributed by atoms with van der Waals surface area (Å²) in [5.74, 6) is -1.12. The summed E-state index contributed by atoms with van der Waals surface area (Å²) in [6.45, 7) is 2.22. The third-order valence-electron chi connectivity index (χ3n) is 7.37. The van der Waals surface area contributed by atoms with Crippen LogP contribution < -0.4 is 21.3 Å². The van der Waals surface area contributed by atoms with Crippen LogP contribution in [0, 0.1) is 0 Å². The molecule has 2 aliphatic rings. The van der Waals surface area contributed by atoms with Gasteiger partial charge in [-0.2, -0.15) is 5.10 Å². The Kier molecular flexibility index (Phi) is 9.07. The fourth-order valence-corrected chi connectivity index (χ4v) is 5.67. The highest BCUT2D eigenvalue weighted by Crippen LogP contribution is 2.39. The van der Waals surface area contributed by atoms with Crippen LogP contribution in [-0.2, 0) is 16.0 Å². The predicted molar refractivity (Wildman–Crippen MR) is 153 cm³/mol. The second kappa shape index (κ2) is 13.1. The van der Waals surface area contributed by atoms with E-state index in [1.165, 1.54) is 11.3 Å². The van der Waals surface area contributed by atoms with E-state index >= 15 is 0 Å². The van der Waals surface area contributed by atoms with Gasteiger partial charge in [-0.25, -0.2) is 4.98 Å². The van der Waals surface area contributed by atoms with Crippen molar-refractivity contribution >= 4 is 35.0 Å². The lowest BCUT2D eigenvalue weighted by Gasteiger charge is -2.24. The van der Waals surface area contributed by atoms with E-state index < -0.39 is 29.9 Å². The Bertz CT molecular complexity index is 1380. The Labute approximate surface area is 242 Å². The first kappa shape index (κ1) is 28.5. The van der Waals surface area contributed by atoms with Gasteiger partial charge in [-0.1, -0.05) is 37.3 Å². The molecule has 2 bridgehead atoms. The largest absolute Gasteiger partial charge is 0.351 e. The summed E-state index contributed by atoms with van der Waals surface area (Å²) in [4.78, 5) is 57.2. The van der Waals surface area contributed by atoms with E-state index in [0.717, 1.165) is 24.1 Å². The Balaban J connectivity index is 1.34. The van der Waals surface area contributed by atoms with E-state index in [-0.39, 0.29) is 17.5 Å². The van der Waals surface area contributed by atoms with E-state index in [2.05, 4.69) is 36.4 Å². The minimum absolute atomic E-state index is 0.231. The number of carbonyl (C=O) groups is 4. The Hall–Kier alpha value is -4.06. The molecule has 1 aliphatic carbocycles. The minimum atomic E-state index is -0.868. The smallest absolute Gasteiger partial charge is 0.272 e. The maximum Gasteiger partial charge on any atom is 0.272 e. The predicted octanol–water partition coefficient (Wildman–Crippen LogP) is 2.75. The first-order valence-electron chi connectivity index (χ1n) is 14.2. The number of rotatable bonds is 6. The number of H-pyrrole nitrogens is 1. The molecule has 0 unspecified atom stereocenters. The lowest BCUT2D eigenvalue weighted by Crippen LogP contribution is -2.54. The van der Waals surface area contributed by atoms with Crippen molar-refractivity contribution in [2.45, 2.75) is 75.9 Å². The second-order valence-electron chi connectivity index (χ2n) is 10.6. The van der Waals surface area contributed by atoms with Crippen LogP contribution in [0.1, 0.15) is 94.7 Å². The number of benzene rings is 1. The van der Waals surface area contributed by atoms with Crippen LogP contribution in [-0.4, -0.2) is 57.4 Å². The van der Waals surface area contributed by atoms with Crippen LogP contribution in [0.2, 0.25) is 0 Å². The standard InChI is InChI=1S/C29H35N7O4S/c1-2-19-26(38)33-23(14-17-8-4-3-5-9-17)29-34-24(16-41-29)25(37)30-13-7-6-10-20(27(39)31-19)32-28(40)22-15-21(35-36-22)18-11-12-18/h3-5,8-9,15-16,18-20,23H,2,6-7,10-14H2,1H3,(H,30,37)(H,31,39)(H,32,40)(H,33,38)(H,35,36)/t19-,20+,23+/m1/s1. The van der Waals surface area contributed by atoms with Crippen LogP contribution >= 0.6 is 11.3 Å². The summed E-state index contributed by atoms with van der Waals surface area (Å²) < 4.78 is 0. The van der Waals surface area contributed by atoms with Gasteiger partial charge in [-0.15, -0.1) is 11.3 Å². The summed E-state index contributed by atoms with van der Waals surface area (Å²) in [5.41, 5.74) is 2.46. The molecule has 3 atom stereocenters. The Morgan fingerprint density at radius 1 is 1.02 bits per heavy atom. The SMILES string of the molecule is CC[C@H]1NC(=O)[C@@H](NC(=O)c2cc(C3CC3)[nH]n2)CCCCNC(=O)c2csc(n2)[C@H](Cc2ccccc2)NC1=O. The number of carbonyl (C=O) groups excluding carboxylic acids is 4. The topological polar surface area (TPSA) is 158 Å². The second-order valence-corrected chi connectivity index (χ2v) is 11.4. The first-order chi connectivity index (χ1) is 19.9. The average molecular weight is 578 g/mol. The zero-order valence-corrected chi connectivity index (χ0v) is 23.8. The highest BCUT2D eigenvalue weighted by atomic mass is 32.1. The number of aromatic nitrogens is 3. The maximum atomic E-state index is 13.5. The van der Waals surface area contributed by atoms with E-state index in [0.29, 0.717) is 55.3 Å². The molecule has 0 saturated heterocycles. The average Bonchev–Trinajstić information content (AvgIpc) is 3.48. The number of thiazole rings is 1. The number of hydrogen-bond acceptors (Lipinski definition) is 7. The van der Waals surface area contributed by atoms with E-state index in [1.54, 1.807) is 11.4 Å². The van der Waals surface area contributed by atoms with Gasteiger partial charge in [0, 0.05) is 23.5 Å². The fraction of sp³-hybridized carbons (Fsp3) is 0.448. The summed E-state index contributed by atoms with van der Waals surface area (Å²) in [6.07, 6.45) is 4.47. The van der Waals surface area contributed by atoms with Crippen molar-refractivity contribution in [3.05, 3.63) is 69.4 Å². The lowest BCUT2D eigenvalue weighted by molar-refractivity contribution is -0.130. The number of aromatic amines is 1. The van der Waals surface area contributed by atoms with Crippen LogP contribution in [0.25, 0.3) is 0 Å². The van der Waals surface area contributed by atoms with Gasteiger partial charge >= 0.3 is 0 Å². The van der Waals surface area contributed by atoms with Crippen molar-refractivity contribution < 1.29 is 19.2 Å². The molecule has 41 heavy (non-hydrogen) atoms. The molecule has 1 aliphatic heterocycles. The molecule has 1 saturated carbocycles. The summed E-state index contributed by atoms with van der Waals surface area (Å²) in [6, 6.07) is 9.25. The molecule has 2 aromatic heterocycles. The number of nitrogens with one attached hydrogen (secondary N) is 5. The molecule has 0 spiro atoms. The molecule has 0 radical (unpaired) electrons. The highest BCUT2D eigenvalue weighted by Gasteiger charge is 2.30. The quantitative estimate of drug-likeness (QED) is 0.303. The van der Waals surface area contributed by atoms with Gasteiger partial charge in [0.2, 0.25) is 11.8 Å². The zero-order chi connectivity index (χ0) is 28.8. The molecule has 11 nitrogen and oxygen atoms in total. The molecule has 1 fully saturated rings. The summed E-state index contributed by atoms with van der Waals surface area (Å²) >= 11 is 1.31. The van der Waals surface area contributed by atoms with Crippen LogP contribution in [0.15, 0.2) is 41.8 Å². The van der Waals surface area contributed by atoms with Crippen molar-refractivity contribution in [3.8, 4) is 0 Å². The van der Waals surface area contributed by atoms with Crippen molar-refractivity contribution in [2.24, 2.45) is 0 Å². The molecule has 5 rings (SSSR count). The molecule has 3 heterocycles. The third-order valence-corrected chi connectivity index (χ3v) is 8.33. The van der Waals surface area contributed by atoms with Gasteiger partial charge in [-0.3, -0.25) is 24.3 Å². The van der Waals surface area contributed by atoms with Crippen molar-refractivity contribution in [1.82, 2.24) is 36.4 Å². The van der Waals surface area contributed by atoms with E-state index in [4.69, 9.17) is 0 Å². The molecule has 3 aromatic rings. The monoisotopic (exact) mass is 577 g/mol. The zero-order valence-electron chi connectivity index (χ0n) is 22.9. The highest BCUT2D eigenvalue weighted by molar-refractivity contribution is 7.09. The van der Waals surface area contributed by atoms with Gasteiger partial charge in [0.1, 0.15) is 28.5 Å². The molecule has 4 amide bonds. The van der Waals surface area contributed by atoms with Crippen molar-refractivity contribution in [1.29, 1.82) is 0 Å². The number of hydrogen-bond donors (Lipinski definition) is 5.